The molecular weight excluding hydrogens is 402 g/mol. The number of nitrogens with one attached hydrogen (secondary N) is 1. The van der Waals surface area contributed by atoms with Crippen molar-refractivity contribution in [1.29, 1.82) is 0 Å². The Hall–Kier alpha value is -3.03. The summed E-state index contributed by atoms with van der Waals surface area (Å²) in [5, 5.41) is 2.70. The molecule has 0 saturated carbocycles. The molecule has 8 heteroatoms. The van der Waals surface area contributed by atoms with Crippen LogP contribution in [-0.4, -0.2) is 54.4 Å². The number of piperazine rings is 1. The number of rotatable bonds is 3. The second-order valence-corrected chi connectivity index (χ2v) is 8.49. The molecule has 1 unspecified atom stereocenters. The van der Waals surface area contributed by atoms with Gasteiger partial charge in [0.05, 0.1) is 5.92 Å². The second-order valence-electron chi connectivity index (χ2n) is 8.49. The van der Waals surface area contributed by atoms with Gasteiger partial charge in [0.25, 0.3) is 5.91 Å². The summed E-state index contributed by atoms with van der Waals surface area (Å²) in [7, 11) is 0. The quantitative estimate of drug-likeness (QED) is 0.817. The number of carbonyl (C=O) groups excluding carboxylic acids is 2. The predicted octanol–water partition coefficient (Wildman–Crippen LogP) is 2.79. The van der Waals surface area contributed by atoms with Gasteiger partial charge in [-0.2, -0.15) is 0 Å². The third kappa shape index (κ3) is 3.98. The highest BCUT2D eigenvalue weighted by molar-refractivity contribution is 5.95. The highest BCUT2D eigenvalue weighted by Crippen LogP contribution is 2.31. The zero-order valence-corrected chi connectivity index (χ0v) is 17.9. The molecule has 164 valence electrons. The highest BCUT2D eigenvalue weighted by Gasteiger charge is 2.35. The highest BCUT2D eigenvalue weighted by atomic mass is 19.1. The number of nitrogens with zero attached hydrogens (tertiary/aromatic N) is 3. The van der Waals surface area contributed by atoms with Crippen LogP contribution in [0.15, 0.2) is 24.4 Å². The van der Waals surface area contributed by atoms with Crippen LogP contribution in [0.4, 0.5) is 14.6 Å². The van der Waals surface area contributed by atoms with E-state index in [-0.39, 0.29) is 17.4 Å². The minimum Gasteiger partial charge on any atom is -0.355 e. The Labute approximate surface area is 180 Å². The molecule has 3 heterocycles. The van der Waals surface area contributed by atoms with E-state index in [2.05, 4.69) is 21.3 Å². The van der Waals surface area contributed by atoms with Crippen LogP contribution in [0.25, 0.3) is 0 Å². The van der Waals surface area contributed by atoms with E-state index in [0.29, 0.717) is 32.7 Å². The molecule has 2 aromatic rings. The molecule has 2 saturated heterocycles. The Balaban J connectivity index is 1.49. The van der Waals surface area contributed by atoms with Crippen LogP contribution in [0, 0.1) is 31.4 Å². The number of hydrogen-bond acceptors (Lipinski definition) is 4. The minimum absolute atomic E-state index is 0.0697. The summed E-state index contributed by atoms with van der Waals surface area (Å²) in [5.41, 5.74) is 1.83. The monoisotopic (exact) mass is 428 g/mol. The molecule has 1 aromatic heterocycles. The van der Waals surface area contributed by atoms with Gasteiger partial charge in [-0.1, -0.05) is 13.0 Å². The lowest BCUT2D eigenvalue weighted by Gasteiger charge is -2.36. The normalized spacial score (nSPS) is 21.4. The molecule has 0 bridgehead atoms. The first kappa shape index (κ1) is 21.2. The Morgan fingerprint density at radius 2 is 1.74 bits per heavy atom. The van der Waals surface area contributed by atoms with Crippen LogP contribution in [0.1, 0.15) is 39.9 Å². The van der Waals surface area contributed by atoms with Gasteiger partial charge in [-0.3, -0.25) is 9.59 Å². The third-order valence-electron chi connectivity index (χ3n) is 6.14. The average molecular weight is 428 g/mol. The van der Waals surface area contributed by atoms with Gasteiger partial charge in [0, 0.05) is 38.9 Å². The number of benzene rings is 1. The van der Waals surface area contributed by atoms with Gasteiger partial charge in [-0.25, -0.2) is 13.8 Å². The van der Waals surface area contributed by atoms with E-state index in [1.54, 1.807) is 6.20 Å². The van der Waals surface area contributed by atoms with Crippen molar-refractivity contribution in [2.24, 2.45) is 5.92 Å². The number of hydrogen-bond donors (Lipinski definition) is 1. The standard InChI is InChI=1S/C23H26F2N4O2/c1-13-8-14(2)21(26-11-13)28-4-6-29(7-5-28)23(31)20-17(24)9-16(10-18(20)25)19-15(3)12-27-22(19)30/h8-11,15,19H,4-7,12H2,1-3H3,(H,27,30)/t15?,19-/m1/s1. The molecule has 2 atom stereocenters. The Bertz CT molecular complexity index is 1010. The second kappa shape index (κ2) is 8.24. The van der Waals surface area contributed by atoms with Crippen molar-refractivity contribution in [3.63, 3.8) is 0 Å². The average Bonchev–Trinajstić information content (AvgIpc) is 3.05. The SMILES string of the molecule is Cc1cnc(N2CCN(C(=O)c3c(F)cc([C@@H]4C(=O)NCC4C)cc3F)CC2)c(C)c1. The Kier molecular flexibility index (Phi) is 5.64. The van der Waals surface area contributed by atoms with Crippen molar-refractivity contribution in [3.05, 3.63) is 58.3 Å². The Morgan fingerprint density at radius 1 is 1.10 bits per heavy atom. The largest absolute Gasteiger partial charge is 0.355 e. The summed E-state index contributed by atoms with van der Waals surface area (Å²) in [5.74, 6) is -2.58. The smallest absolute Gasteiger partial charge is 0.259 e. The van der Waals surface area contributed by atoms with Crippen LogP contribution in [0.2, 0.25) is 0 Å². The number of carbonyl (C=O) groups is 2. The third-order valence-corrected chi connectivity index (χ3v) is 6.14. The molecule has 1 N–H and O–H groups in total. The van der Waals surface area contributed by atoms with Crippen LogP contribution < -0.4 is 10.2 Å². The number of pyridine rings is 1. The molecule has 6 nitrogen and oxygen atoms in total. The van der Waals surface area contributed by atoms with Crippen molar-refractivity contribution >= 4 is 17.6 Å². The van der Waals surface area contributed by atoms with E-state index in [1.165, 1.54) is 4.90 Å². The van der Waals surface area contributed by atoms with Crippen LogP contribution in [0.3, 0.4) is 0 Å². The van der Waals surface area contributed by atoms with E-state index in [1.807, 2.05) is 20.8 Å². The predicted molar refractivity (Wildman–Crippen MR) is 113 cm³/mol. The van der Waals surface area contributed by atoms with Gasteiger partial charge in [-0.15, -0.1) is 0 Å². The lowest BCUT2D eigenvalue weighted by molar-refractivity contribution is -0.120. The molecular formula is C23H26F2N4O2. The van der Waals surface area contributed by atoms with Crippen molar-refractivity contribution < 1.29 is 18.4 Å². The molecule has 2 amide bonds. The summed E-state index contributed by atoms with van der Waals surface area (Å²) >= 11 is 0. The summed E-state index contributed by atoms with van der Waals surface area (Å²) < 4.78 is 29.6. The fourth-order valence-corrected chi connectivity index (χ4v) is 4.52. The number of aryl methyl sites for hydroxylation is 2. The Morgan fingerprint density at radius 3 is 2.29 bits per heavy atom. The molecule has 1 aromatic carbocycles. The number of halogens is 2. The first-order valence-corrected chi connectivity index (χ1v) is 10.5. The van der Waals surface area contributed by atoms with Gasteiger partial charge >= 0.3 is 0 Å². The summed E-state index contributed by atoms with van der Waals surface area (Å²) in [6, 6.07) is 4.30. The van der Waals surface area contributed by atoms with E-state index >= 15 is 0 Å². The minimum atomic E-state index is -0.926. The van der Waals surface area contributed by atoms with Gasteiger partial charge < -0.3 is 15.1 Å². The summed E-state index contributed by atoms with van der Waals surface area (Å²) in [6.07, 6.45) is 1.80. The molecule has 2 aliphatic heterocycles. The maximum Gasteiger partial charge on any atom is 0.259 e. The first-order valence-electron chi connectivity index (χ1n) is 10.5. The maximum absolute atomic E-state index is 14.8. The van der Waals surface area contributed by atoms with Gasteiger partial charge in [0.15, 0.2) is 0 Å². The first-order chi connectivity index (χ1) is 14.8. The van der Waals surface area contributed by atoms with Crippen molar-refractivity contribution in [3.8, 4) is 0 Å². The fourth-order valence-electron chi connectivity index (χ4n) is 4.52. The van der Waals surface area contributed by atoms with E-state index in [0.717, 1.165) is 29.1 Å². The fraction of sp³-hybridized carbons (Fsp3) is 0.435. The summed E-state index contributed by atoms with van der Waals surface area (Å²) in [4.78, 5) is 32.9. The lowest BCUT2D eigenvalue weighted by Crippen LogP contribution is -2.49. The van der Waals surface area contributed by atoms with E-state index < -0.39 is 29.0 Å². The van der Waals surface area contributed by atoms with E-state index in [9.17, 15) is 18.4 Å². The van der Waals surface area contributed by atoms with Gasteiger partial charge in [0.1, 0.15) is 23.0 Å². The van der Waals surface area contributed by atoms with Crippen molar-refractivity contribution in [2.45, 2.75) is 26.7 Å². The number of anilines is 1. The topological polar surface area (TPSA) is 65.5 Å². The molecule has 2 aliphatic rings. The van der Waals surface area contributed by atoms with Crippen LogP contribution in [-0.2, 0) is 4.79 Å². The van der Waals surface area contributed by atoms with Crippen LogP contribution in [0.5, 0.6) is 0 Å². The zero-order valence-electron chi connectivity index (χ0n) is 17.9. The van der Waals surface area contributed by atoms with Crippen LogP contribution >= 0.6 is 0 Å². The van der Waals surface area contributed by atoms with Gasteiger partial charge in [-0.05, 0) is 48.6 Å². The molecule has 0 radical (unpaired) electrons. The van der Waals surface area contributed by atoms with Gasteiger partial charge in [0.2, 0.25) is 5.91 Å². The lowest BCUT2D eigenvalue weighted by atomic mass is 9.89. The number of aromatic nitrogens is 1. The van der Waals surface area contributed by atoms with Crippen molar-refractivity contribution in [2.75, 3.05) is 37.6 Å². The molecule has 0 spiro atoms. The molecule has 4 rings (SSSR count). The zero-order chi connectivity index (χ0) is 22.3. The molecule has 0 aliphatic carbocycles. The molecule has 31 heavy (non-hydrogen) atoms. The maximum atomic E-state index is 14.8. The van der Waals surface area contributed by atoms with Crippen molar-refractivity contribution in [1.82, 2.24) is 15.2 Å². The number of amides is 2. The van der Waals surface area contributed by atoms with E-state index in [4.69, 9.17) is 0 Å². The summed E-state index contributed by atoms with van der Waals surface area (Å²) in [6.45, 7) is 8.04. The molecule has 2 fully saturated rings.